The van der Waals surface area contributed by atoms with E-state index in [-0.39, 0.29) is 22.2 Å². The molecule has 1 saturated carbocycles. The Bertz CT molecular complexity index is 1280. The summed E-state index contributed by atoms with van der Waals surface area (Å²) in [4.78, 5) is 29.3. The second-order valence-corrected chi connectivity index (χ2v) is 9.50. The van der Waals surface area contributed by atoms with Crippen LogP contribution in [0, 0.1) is 12.8 Å². The number of carbonyl (C=O) groups excluding carboxylic acids is 2. The molecule has 36 heavy (non-hydrogen) atoms. The Balaban J connectivity index is 1.84. The maximum atomic E-state index is 13.5. The highest BCUT2D eigenvalue weighted by atomic mass is 35.5. The van der Waals surface area contributed by atoms with Gasteiger partial charge in [0.05, 0.1) is 17.2 Å². The van der Waals surface area contributed by atoms with Crippen molar-refractivity contribution in [2.75, 3.05) is 11.5 Å². The van der Waals surface area contributed by atoms with E-state index < -0.39 is 12.0 Å². The number of ether oxygens (including phenoxy) is 1. The maximum Gasteiger partial charge on any atom is 0.377 e. The zero-order chi connectivity index (χ0) is 26.0. The van der Waals surface area contributed by atoms with Crippen molar-refractivity contribution in [2.45, 2.75) is 32.3 Å². The minimum atomic E-state index is -3.62. The summed E-state index contributed by atoms with van der Waals surface area (Å²) in [7, 11) is 0. The summed E-state index contributed by atoms with van der Waals surface area (Å²) in [5.74, 6) is -1.04. The Morgan fingerprint density at radius 1 is 1.17 bits per heavy atom. The lowest BCUT2D eigenvalue weighted by Crippen LogP contribution is -2.53. The van der Waals surface area contributed by atoms with E-state index in [0.717, 1.165) is 19.3 Å². The third kappa shape index (κ3) is 5.38. The van der Waals surface area contributed by atoms with Gasteiger partial charge in [-0.3, -0.25) is 9.59 Å². The lowest BCUT2D eigenvalue weighted by molar-refractivity contribution is -0.304. The quantitative estimate of drug-likeness (QED) is 0.287. The fourth-order valence-corrected chi connectivity index (χ4v) is 4.48. The molecule has 8 nitrogen and oxygen atoms in total. The highest BCUT2D eigenvalue weighted by molar-refractivity contribution is 6.35. The first kappa shape index (κ1) is 26.1. The van der Waals surface area contributed by atoms with E-state index in [2.05, 4.69) is 4.98 Å². The maximum absolute atomic E-state index is 13.5. The van der Waals surface area contributed by atoms with Crippen LogP contribution in [0.4, 0.5) is 5.82 Å². The monoisotopic (exact) mass is 530 g/mol. The van der Waals surface area contributed by atoms with Gasteiger partial charge in [0, 0.05) is 27.9 Å². The van der Waals surface area contributed by atoms with Gasteiger partial charge in [0.25, 0.3) is 5.91 Å². The summed E-state index contributed by atoms with van der Waals surface area (Å²) in [6, 6.07) is 11.0. The second-order valence-electron chi connectivity index (χ2n) is 8.68. The molecular weight excluding hydrogens is 507 g/mol. The SMILES string of the molecule is Cc1cccc(Cl)c1C(=O)N(c1ncc(-c2cc(C=O)ccc2Cl)cc1OCC1CCC1)C(O)(O)O. The molecule has 0 bridgehead atoms. The Morgan fingerprint density at radius 2 is 1.92 bits per heavy atom. The van der Waals surface area contributed by atoms with Crippen molar-refractivity contribution >= 4 is 41.2 Å². The molecule has 1 amide bonds. The molecule has 1 aromatic heterocycles. The largest absolute Gasteiger partial charge is 0.489 e. The number of rotatable bonds is 8. The van der Waals surface area contributed by atoms with Crippen molar-refractivity contribution in [2.24, 2.45) is 5.92 Å². The van der Waals surface area contributed by atoms with E-state index in [1.165, 1.54) is 18.3 Å². The normalized spacial score (nSPS) is 13.7. The van der Waals surface area contributed by atoms with Crippen molar-refractivity contribution in [3.63, 3.8) is 0 Å². The van der Waals surface area contributed by atoms with Gasteiger partial charge < -0.3 is 20.1 Å². The molecule has 1 heterocycles. The fourth-order valence-electron chi connectivity index (χ4n) is 3.95. The van der Waals surface area contributed by atoms with Gasteiger partial charge in [-0.1, -0.05) is 47.8 Å². The van der Waals surface area contributed by atoms with Crippen LogP contribution in [0.5, 0.6) is 5.75 Å². The zero-order valence-electron chi connectivity index (χ0n) is 19.3. The van der Waals surface area contributed by atoms with E-state index in [0.29, 0.717) is 51.0 Å². The van der Waals surface area contributed by atoms with Gasteiger partial charge in [0.15, 0.2) is 11.6 Å². The van der Waals surface area contributed by atoms with Crippen LogP contribution in [-0.2, 0) is 0 Å². The number of amides is 1. The van der Waals surface area contributed by atoms with Gasteiger partial charge in [0.1, 0.15) is 6.29 Å². The lowest BCUT2D eigenvalue weighted by Gasteiger charge is -2.32. The van der Waals surface area contributed by atoms with Crippen LogP contribution in [-0.4, -0.2) is 45.2 Å². The molecule has 1 fully saturated rings. The molecule has 0 radical (unpaired) electrons. The summed E-state index contributed by atoms with van der Waals surface area (Å²) in [6.07, 6.45) is 1.41. The highest BCUT2D eigenvalue weighted by Crippen LogP contribution is 2.38. The van der Waals surface area contributed by atoms with Crippen LogP contribution in [0.3, 0.4) is 0 Å². The first-order valence-corrected chi connectivity index (χ1v) is 12.0. The first-order valence-electron chi connectivity index (χ1n) is 11.2. The number of benzene rings is 2. The third-order valence-electron chi connectivity index (χ3n) is 6.12. The van der Waals surface area contributed by atoms with Gasteiger partial charge >= 0.3 is 6.10 Å². The number of nitrogens with zero attached hydrogens (tertiary/aromatic N) is 2. The van der Waals surface area contributed by atoms with Crippen LogP contribution in [0.2, 0.25) is 10.0 Å². The smallest absolute Gasteiger partial charge is 0.377 e. The molecule has 1 aliphatic carbocycles. The summed E-state index contributed by atoms with van der Waals surface area (Å²) < 4.78 is 5.99. The van der Waals surface area contributed by atoms with E-state index in [1.807, 2.05) is 0 Å². The molecule has 3 aromatic rings. The lowest BCUT2D eigenvalue weighted by atomic mass is 9.86. The van der Waals surface area contributed by atoms with Crippen LogP contribution in [0.1, 0.15) is 45.5 Å². The summed E-state index contributed by atoms with van der Waals surface area (Å²) in [5.41, 5.74) is 1.74. The van der Waals surface area contributed by atoms with Crippen molar-refractivity contribution in [1.82, 2.24) is 4.98 Å². The molecule has 1 aliphatic rings. The van der Waals surface area contributed by atoms with Crippen LogP contribution in [0.15, 0.2) is 48.7 Å². The average molecular weight is 531 g/mol. The van der Waals surface area contributed by atoms with Crippen molar-refractivity contribution in [3.8, 4) is 16.9 Å². The Hall–Kier alpha value is -3.01. The van der Waals surface area contributed by atoms with Gasteiger partial charge in [-0.2, -0.15) is 0 Å². The summed E-state index contributed by atoms with van der Waals surface area (Å²) in [5, 5.41) is 31.1. The summed E-state index contributed by atoms with van der Waals surface area (Å²) in [6.45, 7) is 1.92. The van der Waals surface area contributed by atoms with Crippen LogP contribution < -0.4 is 9.64 Å². The number of hydrogen-bond donors (Lipinski definition) is 3. The molecule has 0 spiro atoms. The Labute approximate surface area is 217 Å². The molecular formula is C26H24Cl2N2O6. The number of hydrogen-bond acceptors (Lipinski definition) is 7. The van der Waals surface area contributed by atoms with Gasteiger partial charge in [-0.25, -0.2) is 9.88 Å². The number of aliphatic hydroxyl groups is 3. The number of aryl methyl sites for hydroxylation is 1. The third-order valence-corrected chi connectivity index (χ3v) is 6.76. The minimum Gasteiger partial charge on any atom is -0.489 e. The molecule has 3 N–H and O–H groups in total. The predicted octanol–water partition coefficient (Wildman–Crippen LogP) is 4.59. The molecule has 0 aliphatic heterocycles. The van der Waals surface area contributed by atoms with Crippen molar-refractivity contribution < 1.29 is 29.6 Å². The van der Waals surface area contributed by atoms with Crippen molar-refractivity contribution in [3.05, 3.63) is 75.4 Å². The zero-order valence-corrected chi connectivity index (χ0v) is 20.8. The van der Waals surface area contributed by atoms with Crippen LogP contribution in [0.25, 0.3) is 11.1 Å². The molecule has 4 rings (SSSR count). The Kier molecular flexibility index (Phi) is 7.63. The first-order chi connectivity index (χ1) is 17.1. The predicted molar refractivity (Wildman–Crippen MR) is 135 cm³/mol. The molecule has 0 atom stereocenters. The van der Waals surface area contributed by atoms with Gasteiger partial charge in [-0.15, -0.1) is 0 Å². The number of carbonyl (C=O) groups is 2. The molecule has 2 aromatic carbocycles. The van der Waals surface area contributed by atoms with E-state index in [9.17, 15) is 24.9 Å². The van der Waals surface area contributed by atoms with Gasteiger partial charge in [0.2, 0.25) is 0 Å². The minimum absolute atomic E-state index is 0.00607. The topological polar surface area (TPSA) is 120 Å². The number of aldehydes is 1. The highest BCUT2D eigenvalue weighted by Gasteiger charge is 2.40. The molecule has 0 saturated heterocycles. The van der Waals surface area contributed by atoms with Gasteiger partial charge in [-0.05, 0) is 55.5 Å². The van der Waals surface area contributed by atoms with E-state index in [4.69, 9.17) is 27.9 Å². The molecule has 0 unspecified atom stereocenters. The van der Waals surface area contributed by atoms with E-state index >= 15 is 0 Å². The number of aromatic nitrogens is 1. The number of anilines is 1. The molecule has 10 heteroatoms. The standard InChI is InChI=1S/C26H24Cl2N2O6/c1-15-4-2-7-21(28)23(15)25(32)30(26(33,34)35)24-22(36-14-16-5-3-6-16)11-18(12-29-24)19-10-17(13-31)8-9-20(19)27/h2,4,7-13,16,33-35H,3,5-6,14H2,1H3. The Morgan fingerprint density at radius 3 is 2.53 bits per heavy atom. The fraction of sp³-hybridized carbons (Fsp3) is 0.269. The summed E-state index contributed by atoms with van der Waals surface area (Å²) >= 11 is 12.6. The van der Waals surface area contributed by atoms with Crippen LogP contribution >= 0.6 is 23.2 Å². The van der Waals surface area contributed by atoms with E-state index in [1.54, 1.807) is 37.3 Å². The molecule has 188 valence electrons. The average Bonchev–Trinajstić information content (AvgIpc) is 2.78. The van der Waals surface area contributed by atoms with Crippen molar-refractivity contribution in [1.29, 1.82) is 0 Å². The number of pyridine rings is 1. The number of halogens is 2. The second kappa shape index (κ2) is 10.5.